The van der Waals surface area contributed by atoms with E-state index in [0.717, 1.165) is 37.0 Å². The van der Waals surface area contributed by atoms with Crippen LogP contribution in [0.1, 0.15) is 43.6 Å². The molecular formula is C16H23NO3. The highest BCUT2D eigenvalue weighted by atomic mass is 16.5. The standard InChI is InChI=1S/C16H23NO3/c1-19-15-8-4-3-7-13(15)14(11-17)16(20-12-18)9-5-2-6-10-16/h3-4,7-8,12,14H,2,5-6,9-11,17H2,1H3. The van der Waals surface area contributed by atoms with Gasteiger partial charge in [0, 0.05) is 18.0 Å². The Labute approximate surface area is 120 Å². The van der Waals surface area contributed by atoms with Crippen molar-refractivity contribution < 1.29 is 14.3 Å². The first-order valence-electron chi connectivity index (χ1n) is 7.22. The Hall–Kier alpha value is -1.55. The van der Waals surface area contributed by atoms with Crippen molar-refractivity contribution in [2.75, 3.05) is 13.7 Å². The molecule has 2 rings (SSSR count). The summed E-state index contributed by atoms with van der Waals surface area (Å²) < 4.78 is 11.0. The monoisotopic (exact) mass is 277 g/mol. The summed E-state index contributed by atoms with van der Waals surface area (Å²) in [6, 6.07) is 7.85. The lowest BCUT2D eigenvalue weighted by Crippen LogP contribution is -2.44. The largest absolute Gasteiger partial charge is 0.496 e. The van der Waals surface area contributed by atoms with Crippen molar-refractivity contribution in [1.29, 1.82) is 0 Å². The van der Waals surface area contributed by atoms with Gasteiger partial charge in [-0.25, -0.2) is 0 Å². The maximum Gasteiger partial charge on any atom is 0.293 e. The van der Waals surface area contributed by atoms with Gasteiger partial charge in [0.2, 0.25) is 0 Å². The van der Waals surface area contributed by atoms with Crippen molar-refractivity contribution >= 4 is 6.47 Å². The van der Waals surface area contributed by atoms with E-state index in [1.807, 2.05) is 24.3 Å². The van der Waals surface area contributed by atoms with E-state index < -0.39 is 5.60 Å². The first-order chi connectivity index (χ1) is 9.77. The summed E-state index contributed by atoms with van der Waals surface area (Å²) in [5.74, 6) is 0.784. The molecule has 110 valence electrons. The molecule has 4 heteroatoms. The molecule has 0 radical (unpaired) electrons. The Morgan fingerprint density at radius 3 is 2.60 bits per heavy atom. The second kappa shape index (κ2) is 6.75. The smallest absolute Gasteiger partial charge is 0.293 e. The van der Waals surface area contributed by atoms with E-state index in [0.29, 0.717) is 13.0 Å². The van der Waals surface area contributed by atoms with E-state index in [1.54, 1.807) is 7.11 Å². The van der Waals surface area contributed by atoms with E-state index in [1.165, 1.54) is 6.42 Å². The second-order valence-electron chi connectivity index (χ2n) is 5.37. The zero-order valence-corrected chi connectivity index (χ0v) is 12.0. The SMILES string of the molecule is COc1ccccc1C(CN)C1(OC=O)CCCCC1. The lowest BCUT2D eigenvalue weighted by atomic mass is 9.72. The fraction of sp³-hybridized carbons (Fsp3) is 0.562. The number of hydrogen-bond acceptors (Lipinski definition) is 4. The minimum atomic E-state index is -0.483. The van der Waals surface area contributed by atoms with Gasteiger partial charge in [-0.1, -0.05) is 24.6 Å². The highest BCUT2D eigenvalue weighted by molar-refractivity contribution is 5.42. The zero-order chi connectivity index (χ0) is 14.4. The van der Waals surface area contributed by atoms with Crippen LogP contribution in [-0.2, 0) is 9.53 Å². The van der Waals surface area contributed by atoms with E-state index >= 15 is 0 Å². The molecule has 2 N–H and O–H groups in total. The quantitative estimate of drug-likeness (QED) is 0.812. The van der Waals surface area contributed by atoms with Crippen LogP contribution in [0.5, 0.6) is 5.75 Å². The van der Waals surface area contributed by atoms with Gasteiger partial charge in [-0.05, 0) is 31.7 Å². The first-order valence-corrected chi connectivity index (χ1v) is 7.22. The molecular weight excluding hydrogens is 254 g/mol. The van der Waals surface area contributed by atoms with E-state index in [-0.39, 0.29) is 5.92 Å². The fourth-order valence-corrected chi connectivity index (χ4v) is 3.37. The Morgan fingerprint density at radius 2 is 2.00 bits per heavy atom. The topological polar surface area (TPSA) is 61.6 Å². The number of benzene rings is 1. The van der Waals surface area contributed by atoms with Gasteiger partial charge in [-0.15, -0.1) is 0 Å². The van der Waals surface area contributed by atoms with Gasteiger partial charge in [0.05, 0.1) is 7.11 Å². The summed E-state index contributed by atoms with van der Waals surface area (Å²) in [4.78, 5) is 11.0. The van der Waals surface area contributed by atoms with E-state index in [2.05, 4.69) is 0 Å². The van der Waals surface area contributed by atoms with Gasteiger partial charge in [-0.3, -0.25) is 4.79 Å². The Kier molecular flexibility index (Phi) is 5.01. The molecule has 0 saturated heterocycles. The van der Waals surface area contributed by atoms with Gasteiger partial charge >= 0.3 is 0 Å². The zero-order valence-electron chi connectivity index (χ0n) is 12.0. The number of carbonyl (C=O) groups excluding carboxylic acids is 1. The molecule has 4 nitrogen and oxygen atoms in total. The first kappa shape index (κ1) is 14.9. The average molecular weight is 277 g/mol. The maximum atomic E-state index is 11.0. The van der Waals surface area contributed by atoms with Gasteiger partial charge < -0.3 is 15.2 Å². The number of rotatable bonds is 6. The predicted molar refractivity (Wildman–Crippen MR) is 77.8 cm³/mol. The summed E-state index contributed by atoms with van der Waals surface area (Å²) in [5, 5.41) is 0. The number of ether oxygens (including phenoxy) is 2. The molecule has 1 saturated carbocycles. The third-order valence-electron chi connectivity index (χ3n) is 4.37. The predicted octanol–water partition coefficient (Wildman–Crippen LogP) is 2.61. The molecule has 0 bridgehead atoms. The van der Waals surface area contributed by atoms with Crippen LogP contribution >= 0.6 is 0 Å². The molecule has 1 aromatic carbocycles. The second-order valence-corrected chi connectivity index (χ2v) is 5.37. The van der Waals surface area contributed by atoms with Crippen molar-refractivity contribution in [3.05, 3.63) is 29.8 Å². The minimum Gasteiger partial charge on any atom is -0.496 e. The summed E-state index contributed by atoms with van der Waals surface area (Å²) in [7, 11) is 1.65. The molecule has 1 aromatic rings. The van der Waals surface area contributed by atoms with Crippen molar-refractivity contribution in [2.24, 2.45) is 5.73 Å². The number of nitrogens with two attached hydrogens (primary N) is 1. The molecule has 1 aliphatic rings. The number of methoxy groups -OCH3 is 1. The van der Waals surface area contributed by atoms with Crippen LogP contribution in [0.3, 0.4) is 0 Å². The normalized spacial score (nSPS) is 19.1. The maximum absolute atomic E-state index is 11.0. The third-order valence-corrected chi connectivity index (χ3v) is 4.37. The molecule has 0 aliphatic heterocycles. The summed E-state index contributed by atoms with van der Waals surface area (Å²) in [6.07, 6.45) is 5.06. The number of hydrogen-bond donors (Lipinski definition) is 1. The van der Waals surface area contributed by atoms with Gasteiger partial charge in [0.25, 0.3) is 6.47 Å². The molecule has 1 atom stereocenters. The van der Waals surface area contributed by atoms with E-state index in [4.69, 9.17) is 15.2 Å². The van der Waals surface area contributed by atoms with E-state index in [9.17, 15) is 4.79 Å². The number of carbonyl (C=O) groups is 1. The molecule has 1 aliphatic carbocycles. The van der Waals surface area contributed by atoms with Gasteiger partial charge in [-0.2, -0.15) is 0 Å². The lowest BCUT2D eigenvalue weighted by molar-refractivity contribution is -0.150. The Balaban J connectivity index is 2.39. The summed E-state index contributed by atoms with van der Waals surface area (Å²) >= 11 is 0. The van der Waals surface area contributed by atoms with Crippen molar-refractivity contribution in [1.82, 2.24) is 0 Å². The number of para-hydroxylation sites is 1. The molecule has 0 amide bonds. The van der Waals surface area contributed by atoms with Crippen LogP contribution in [0.2, 0.25) is 0 Å². The Morgan fingerprint density at radius 1 is 1.30 bits per heavy atom. The fourth-order valence-electron chi connectivity index (χ4n) is 3.37. The van der Waals surface area contributed by atoms with Crippen molar-refractivity contribution in [3.8, 4) is 5.75 Å². The minimum absolute atomic E-state index is 0.0239. The van der Waals surface area contributed by atoms with Crippen LogP contribution in [0, 0.1) is 0 Å². The molecule has 1 unspecified atom stereocenters. The summed E-state index contributed by atoms with van der Waals surface area (Å²) in [6.45, 7) is 1.01. The van der Waals surface area contributed by atoms with Crippen LogP contribution in [0.15, 0.2) is 24.3 Å². The van der Waals surface area contributed by atoms with Gasteiger partial charge in [0.15, 0.2) is 0 Å². The van der Waals surface area contributed by atoms with Crippen molar-refractivity contribution in [3.63, 3.8) is 0 Å². The molecule has 0 aromatic heterocycles. The molecule has 0 spiro atoms. The molecule has 1 fully saturated rings. The highest BCUT2D eigenvalue weighted by Gasteiger charge is 2.42. The van der Waals surface area contributed by atoms with Gasteiger partial charge in [0.1, 0.15) is 11.4 Å². The average Bonchev–Trinajstić information content (AvgIpc) is 2.49. The van der Waals surface area contributed by atoms with Crippen molar-refractivity contribution in [2.45, 2.75) is 43.6 Å². The lowest BCUT2D eigenvalue weighted by Gasteiger charge is -2.42. The van der Waals surface area contributed by atoms with Crippen LogP contribution in [-0.4, -0.2) is 25.7 Å². The highest BCUT2D eigenvalue weighted by Crippen LogP contribution is 2.44. The van der Waals surface area contributed by atoms with Crippen LogP contribution in [0.25, 0.3) is 0 Å². The Bertz CT molecular complexity index is 441. The summed E-state index contributed by atoms with van der Waals surface area (Å²) in [5.41, 5.74) is 6.57. The molecule has 0 heterocycles. The molecule has 20 heavy (non-hydrogen) atoms. The van der Waals surface area contributed by atoms with Crippen LogP contribution in [0.4, 0.5) is 0 Å². The third kappa shape index (κ3) is 2.80. The van der Waals surface area contributed by atoms with Crippen LogP contribution < -0.4 is 10.5 Å².